The topological polar surface area (TPSA) is 56.9 Å². The van der Waals surface area contributed by atoms with E-state index in [-0.39, 0.29) is 37.4 Å². The summed E-state index contributed by atoms with van der Waals surface area (Å²) in [6.45, 7) is -0.158. The Morgan fingerprint density at radius 2 is 1.74 bits per heavy atom. The molecule has 5 nitrogen and oxygen atoms in total. The lowest BCUT2D eigenvalue weighted by Gasteiger charge is -2.12. The first-order valence-corrected chi connectivity index (χ1v) is 10.3. The monoisotopic (exact) mass is 471 g/mol. The summed E-state index contributed by atoms with van der Waals surface area (Å²) in [6.07, 6.45) is -4.74. The lowest BCUT2D eigenvalue weighted by Crippen LogP contribution is -2.28. The molecule has 164 valence electrons. The minimum atomic E-state index is -4.50. The molecular formula is C21H18Cl2F3N3O2. The van der Waals surface area contributed by atoms with Gasteiger partial charge >= 0.3 is 11.9 Å². The summed E-state index contributed by atoms with van der Waals surface area (Å²) in [5.41, 5.74) is -0.631. The molecule has 2 aromatic carbocycles. The first-order valence-electron chi connectivity index (χ1n) is 9.37. The van der Waals surface area contributed by atoms with E-state index in [4.69, 9.17) is 23.2 Å². The van der Waals surface area contributed by atoms with E-state index in [9.17, 15) is 22.8 Å². The van der Waals surface area contributed by atoms with Crippen LogP contribution in [0.4, 0.5) is 13.2 Å². The second-order valence-electron chi connectivity index (χ2n) is 6.80. The zero-order chi connectivity index (χ0) is 22.6. The lowest BCUT2D eigenvalue weighted by molar-refractivity contribution is -0.138. The van der Waals surface area contributed by atoms with Crippen LogP contribution < -0.4 is 5.69 Å². The largest absolute Gasteiger partial charge is 0.416 e. The van der Waals surface area contributed by atoms with Gasteiger partial charge in [-0.3, -0.25) is 9.36 Å². The Hall–Kier alpha value is -2.58. The van der Waals surface area contributed by atoms with Crippen LogP contribution in [-0.2, 0) is 30.5 Å². The second kappa shape index (κ2) is 9.70. The van der Waals surface area contributed by atoms with E-state index in [1.165, 1.54) is 22.8 Å². The van der Waals surface area contributed by atoms with E-state index in [1.807, 2.05) is 0 Å². The highest BCUT2D eigenvalue weighted by Crippen LogP contribution is 2.32. The first kappa shape index (κ1) is 23.1. The van der Waals surface area contributed by atoms with Crippen molar-refractivity contribution in [3.63, 3.8) is 0 Å². The molecule has 3 aromatic rings. The summed E-state index contributed by atoms with van der Waals surface area (Å²) in [5.74, 6) is 0.0868. The van der Waals surface area contributed by atoms with E-state index in [1.54, 1.807) is 24.3 Å². The van der Waals surface area contributed by atoms with Crippen LogP contribution in [0.1, 0.15) is 17.5 Å². The van der Waals surface area contributed by atoms with Gasteiger partial charge in [-0.1, -0.05) is 29.8 Å². The number of carbonyl (C=O) groups excluding carboxylic acids is 1. The molecule has 0 aliphatic heterocycles. The summed E-state index contributed by atoms with van der Waals surface area (Å²) in [5, 5.41) is 4.76. The third-order valence-corrected chi connectivity index (χ3v) is 5.08. The van der Waals surface area contributed by atoms with E-state index in [0.717, 1.165) is 10.7 Å². The average molecular weight is 472 g/mol. The highest BCUT2D eigenvalue weighted by atomic mass is 35.5. The molecule has 0 saturated heterocycles. The van der Waals surface area contributed by atoms with Crippen molar-refractivity contribution in [1.29, 1.82) is 0 Å². The third-order valence-electron chi connectivity index (χ3n) is 4.66. The predicted octanol–water partition coefficient (Wildman–Crippen LogP) is 4.82. The smallest absolute Gasteiger partial charge is 0.298 e. The van der Waals surface area contributed by atoms with Gasteiger partial charge in [0.1, 0.15) is 6.54 Å². The number of aryl methyl sites for hydroxylation is 1. The van der Waals surface area contributed by atoms with E-state index in [2.05, 4.69) is 5.10 Å². The van der Waals surface area contributed by atoms with E-state index < -0.39 is 23.2 Å². The van der Waals surface area contributed by atoms with Crippen LogP contribution in [0, 0.1) is 0 Å². The number of nitrogens with zero attached hydrogens (tertiary/aromatic N) is 3. The van der Waals surface area contributed by atoms with Crippen molar-refractivity contribution in [3.05, 3.63) is 75.2 Å². The average Bonchev–Trinajstić information content (AvgIpc) is 3.02. The molecule has 0 amide bonds. The van der Waals surface area contributed by atoms with Gasteiger partial charge in [-0.25, -0.2) is 9.48 Å². The molecule has 1 aromatic heterocycles. The number of benzene rings is 2. The summed E-state index contributed by atoms with van der Waals surface area (Å²) in [7, 11) is 0. The molecule has 0 unspecified atom stereocenters. The standard InChI is InChI=1S/C21H18Cl2F3N3O2/c22-11-12-28-19(15-5-8-16(23)9-6-15)27-29(20(28)31)13-17(30)10-7-14-3-1-2-4-18(14)21(24,25)26/h1-6,8-9H,7,10-13H2. The summed E-state index contributed by atoms with van der Waals surface area (Å²) >= 11 is 11.7. The number of aromatic nitrogens is 3. The fourth-order valence-electron chi connectivity index (χ4n) is 3.18. The number of carbonyl (C=O) groups is 1. The van der Waals surface area contributed by atoms with Crippen molar-refractivity contribution < 1.29 is 18.0 Å². The fourth-order valence-corrected chi connectivity index (χ4v) is 3.47. The zero-order valence-electron chi connectivity index (χ0n) is 16.2. The normalized spacial score (nSPS) is 11.6. The van der Waals surface area contributed by atoms with Crippen LogP contribution in [0.2, 0.25) is 5.02 Å². The number of ketones is 1. The van der Waals surface area contributed by atoms with Gasteiger partial charge in [0.05, 0.1) is 5.56 Å². The number of rotatable bonds is 8. The highest BCUT2D eigenvalue weighted by Gasteiger charge is 2.32. The van der Waals surface area contributed by atoms with Crippen molar-refractivity contribution >= 4 is 29.0 Å². The van der Waals surface area contributed by atoms with Crippen LogP contribution in [0.3, 0.4) is 0 Å². The van der Waals surface area contributed by atoms with Gasteiger partial charge in [0.2, 0.25) is 0 Å². The van der Waals surface area contributed by atoms with Crippen LogP contribution in [-0.4, -0.2) is 26.0 Å². The molecule has 0 aliphatic rings. The molecule has 0 aliphatic carbocycles. The van der Waals surface area contributed by atoms with Crippen molar-refractivity contribution in [2.75, 3.05) is 5.88 Å². The van der Waals surface area contributed by atoms with Crippen molar-refractivity contribution in [1.82, 2.24) is 14.3 Å². The molecule has 0 bridgehead atoms. The summed E-state index contributed by atoms with van der Waals surface area (Å²) in [6, 6.07) is 11.8. The Morgan fingerprint density at radius 1 is 1.06 bits per heavy atom. The van der Waals surface area contributed by atoms with E-state index in [0.29, 0.717) is 16.4 Å². The van der Waals surface area contributed by atoms with Crippen LogP contribution in [0.5, 0.6) is 0 Å². The molecule has 0 atom stereocenters. The summed E-state index contributed by atoms with van der Waals surface area (Å²) < 4.78 is 41.7. The maximum Gasteiger partial charge on any atom is 0.416 e. The van der Waals surface area contributed by atoms with E-state index >= 15 is 0 Å². The summed E-state index contributed by atoms with van der Waals surface area (Å²) in [4.78, 5) is 25.1. The number of hydrogen-bond acceptors (Lipinski definition) is 3. The van der Waals surface area contributed by atoms with Gasteiger partial charge in [0, 0.05) is 29.4 Å². The quantitative estimate of drug-likeness (QED) is 0.442. The molecular weight excluding hydrogens is 454 g/mol. The maximum absolute atomic E-state index is 13.1. The Kier molecular flexibility index (Phi) is 7.23. The number of Topliss-reactive ketones (excluding diaryl/α,β-unsaturated/α-hetero) is 1. The number of alkyl halides is 4. The lowest BCUT2D eigenvalue weighted by atomic mass is 10.0. The Balaban J connectivity index is 1.79. The molecule has 31 heavy (non-hydrogen) atoms. The molecule has 0 saturated carbocycles. The highest BCUT2D eigenvalue weighted by molar-refractivity contribution is 6.30. The molecule has 0 spiro atoms. The molecule has 0 N–H and O–H groups in total. The predicted molar refractivity (Wildman–Crippen MR) is 112 cm³/mol. The fraction of sp³-hybridized carbons (Fsp3) is 0.286. The van der Waals surface area contributed by atoms with Crippen LogP contribution in [0.25, 0.3) is 11.4 Å². The van der Waals surface area contributed by atoms with Crippen molar-refractivity contribution in [3.8, 4) is 11.4 Å². The van der Waals surface area contributed by atoms with Gasteiger partial charge in [-0.05, 0) is 42.3 Å². The van der Waals surface area contributed by atoms with Crippen molar-refractivity contribution in [2.45, 2.75) is 32.1 Å². The SMILES string of the molecule is O=C(CCc1ccccc1C(F)(F)F)Cn1nc(-c2ccc(Cl)cc2)n(CCCl)c1=O. The zero-order valence-corrected chi connectivity index (χ0v) is 17.7. The molecule has 0 fully saturated rings. The Morgan fingerprint density at radius 3 is 2.39 bits per heavy atom. The van der Waals surface area contributed by atoms with Gasteiger partial charge in [-0.2, -0.15) is 13.2 Å². The molecule has 1 heterocycles. The first-order chi connectivity index (χ1) is 14.7. The van der Waals surface area contributed by atoms with Gasteiger partial charge in [0.15, 0.2) is 11.6 Å². The molecule has 0 radical (unpaired) electrons. The number of halogens is 5. The van der Waals surface area contributed by atoms with Crippen LogP contribution in [0.15, 0.2) is 53.3 Å². The third kappa shape index (κ3) is 5.57. The van der Waals surface area contributed by atoms with Gasteiger partial charge in [0.25, 0.3) is 0 Å². The minimum absolute atomic E-state index is 0.0326. The molecule has 3 rings (SSSR count). The Bertz CT molecular complexity index is 1120. The molecule has 10 heteroatoms. The van der Waals surface area contributed by atoms with Gasteiger partial charge in [-0.15, -0.1) is 16.7 Å². The second-order valence-corrected chi connectivity index (χ2v) is 7.62. The maximum atomic E-state index is 13.1. The number of hydrogen-bond donors (Lipinski definition) is 0. The van der Waals surface area contributed by atoms with Crippen molar-refractivity contribution in [2.24, 2.45) is 0 Å². The minimum Gasteiger partial charge on any atom is -0.298 e. The van der Waals surface area contributed by atoms with Crippen LogP contribution >= 0.6 is 23.2 Å². The Labute approximate surface area is 186 Å². The van der Waals surface area contributed by atoms with Gasteiger partial charge < -0.3 is 0 Å².